The van der Waals surface area contributed by atoms with Gasteiger partial charge in [0, 0.05) is 64.2 Å². The van der Waals surface area contributed by atoms with Gasteiger partial charge in [-0.2, -0.15) is 4.31 Å². The minimum Gasteiger partial charge on any atom is -0.296 e. The molecule has 5 rings (SSSR count). The number of aromatic nitrogens is 1. The van der Waals surface area contributed by atoms with Crippen LogP contribution in [0.15, 0.2) is 36.4 Å². The minimum absolute atomic E-state index is 0.0370. The topological polar surface area (TPSA) is 60.0 Å². The molecule has 1 atom stereocenters. The zero-order chi connectivity index (χ0) is 23.4. The number of alkyl halides is 2. The number of benzene rings is 1. The van der Waals surface area contributed by atoms with Crippen molar-refractivity contribution in [3.05, 3.63) is 42.0 Å². The molecule has 1 aliphatic carbocycles. The first-order valence-corrected chi connectivity index (χ1v) is 13.5. The largest absolute Gasteiger partial charge is 0.296 e. The summed E-state index contributed by atoms with van der Waals surface area (Å²) in [6.45, 7) is 3.49. The van der Waals surface area contributed by atoms with Gasteiger partial charge in [-0.1, -0.05) is 18.2 Å². The Morgan fingerprint density at radius 3 is 2.55 bits per heavy atom. The van der Waals surface area contributed by atoms with Gasteiger partial charge in [-0.3, -0.25) is 13.5 Å². The Labute approximate surface area is 197 Å². The van der Waals surface area contributed by atoms with Gasteiger partial charge in [0.05, 0.1) is 29.8 Å². The number of hydrogen-bond donors (Lipinski definition) is 0. The number of nitrogens with zero attached hydrogens (tertiary/aromatic N) is 5. The second-order valence-electron chi connectivity index (χ2n) is 8.98. The van der Waals surface area contributed by atoms with Crippen molar-refractivity contribution in [1.29, 1.82) is 0 Å². The average Bonchev–Trinajstić information content (AvgIpc) is 3.25. The first kappa shape index (κ1) is 22.8. The van der Waals surface area contributed by atoms with E-state index in [1.807, 2.05) is 39.9 Å². The molecule has 2 aromatic rings. The maximum Gasteiger partial charge on any atom is 0.253 e. The van der Waals surface area contributed by atoms with Gasteiger partial charge in [-0.05, 0) is 23.8 Å². The molecule has 3 heterocycles. The van der Waals surface area contributed by atoms with Crippen LogP contribution in [0.5, 0.6) is 0 Å². The Morgan fingerprint density at radius 1 is 1.15 bits per heavy atom. The predicted octanol–water partition coefficient (Wildman–Crippen LogP) is 3.30. The number of anilines is 2. The quantitative estimate of drug-likeness (QED) is 0.570. The second kappa shape index (κ2) is 8.37. The van der Waals surface area contributed by atoms with E-state index < -0.39 is 21.9 Å². The van der Waals surface area contributed by atoms with Gasteiger partial charge in [0.25, 0.3) is 5.92 Å². The maximum atomic E-state index is 13.4. The fourth-order valence-corrected chi connectivity index (χ4v) is 6.18. The lowest BCUT2D eigenvalue weighted by atomic mass is 10.1. The third-order valence-corrected chi connectivity index (χ3v) is 8.68. The van der Waals surface area contributed by atoms with E-state index in [1.54, 1.807) is 0 Å². The lowest BCUT2D eigenvalue weighted by molar-refractivity contribution is 0.101. The second-order valence-corrected chi connectivity index (χ2v) is 12.1. The SMILES string of the molecule is CN1SN(CC2CC2(F)F)c2ccc(-c3cccc(CN4CCN(S(C)(=O)=O)CC4)c3)nc21. The highest BCUT2D eigenvalue weighted by molar-refractivity contribution is 8.02. The van der Waals surface area contributed by atoms with Gasteiger partial charge in [0.2, 0.25) is 10.0 Å². The van der Waals surface area contributed by atoms with Crippen molar-refractivity contribution in [1.82, 2.24) is 14.2 Å². The molecule has 3 aliphatic rings. The van der Waals surface area contributed by atoms with Gasteiger partial charge in [0.1, 0.15) is 0 Å². The van der Waals surface area contributed by atoms with Crippen LogP contribution in [0.1, 0.15) is 12.0 Å². The van der Waals surface area contributed by atoms with E-state index in [4.69, 9.17) is 4.98 Å². The van der Waals surface area contributed by atoms with Crippen molar-refractivity contribution < 1.29 is 17.2 Å². The van der Waals surface area contributed by atoms with Crippen molar-refractivity contribution >= 4 is 33.7 Å². The number of rotatable bonds is 6. The molecule has 1 saturated heterocycles. The molecule has 33 heavy (non-hydrogen) atoms. The first-order chi connectivity index (χ1) is 15.6. The van der Waals surface area contributed by atoms with Crippen molar-refractivity contribution in [3.63, 3.8) is 0 Å². The summed E-state index contributed by atoms with van der Waals surface area (Å²) >= 11 is 1.41. The Morgan fingerprint density at radius 2 is 1.88 bits per heavy atom. The van der Waals surface area contributed by atoms with Crippen LogP contribution < -0.4 is 8.61 Å². The minimum atomic E-state index is -3.14. The maximum absolute atomic E-state index is 13.4. The zero-order valence-electron chi connectivity index (χ0n) is 18.6. The van der Waals surface area contributed by atoms with E-state index in [-0.39, 0.29) is 6.42 Å². The van der Waals surface area contributed by atoms with Gasteiger partial charge in [-0.15, -0.1) is 0 Å². The van der Waals surface area contributed by atoms with Crippen LogP contribution in [0.25, 0.3) is 11.3 Å². The van der Waals surface area contributed by atoms with E-state index >= 15 is 0 Å². The highest BCUT2D eigenvalue weighted by Gasteiger charge is 2.57. The summed E-state index contributed by atoms with van der Waals surface area (Å²) in [7, 11) is -1.23. The van der Waals surface area contributed by atoms with E-state index in [2.05, 4.69) is 17.0 Å². The summed E-state index contributed by atoms with van der Waals surface area (Å²) in [5, 5.41) is 0. The number of fused-ring (bicyclic) bond motifs is 1. The molecule has 0 spiro atoms. The number of halogens is 2. The van der Waals surface area contributed by atoms with Crippen molar-refractivity contribution in [2.24, 2.45) is 5.92 Å². The van der Waals surface area contributed by atoms with Crippen LogP contribution in [-0.2, 0) is 16.6 Å². The molecule has 0 amide bonds. The van der Waals surface area contributed by atoms with Crippen molar-refractivity contribution in [3.8, 4) is 11.3 Å². The molecule has 1 aromatic carbocycles. The summed E-state index contributed by atoms with van der Waals surface area (Å²) in [5.41, 5.74) is 3.84. The van der Waals surface area contributed by atoms with Crippen LogP contribution in [0.3, 0.4) is 0 Å². The zero-order valence-corrected chi connectivity index (χ0v) is 20.2. The van der Waals surface area contributed by atoms with Crippen LogP contribution >= 0.6 is 12.1 Å². The van der Waals surface area contributed by atoms with Crippen LogP contribution in [-0.4, -0.2) is 74.6 Å². The molecule has 1 unspecified atom stereocenters. The molecule has 1 saturated carbocycles. The lowest BCUT2D eigenvalue weighted by Gasteiger charge is -2.33. The Hall–Kier alpha value is -1.95. The van der Waals surface area contributed by atoms with Crippen molar-refractivity contribution in [2.45, 2.75) is 18.9 Å². The summed E-state index contributed by atoms with van der Waals surface area (Å²) in [4.78, 5) is 7.09. The van der Waals surface area contributed by atoms with E-state index in [1.165, 1.54) is 22.7 Å². The molecule has 0 radical (unpaired) electrons. The smallest absolute Gasteiger partial charge is 0.253 e. The summed E-state index contributed by atoms with van der Waals surface area (Å²) < 4.78 is 55.6. The predicted molar refractivity (Wildman–Crippen MR) is 128 cm³/mol. The summed E-state index contributed by atoms with van der Waals surface area (Å²) in [6.07, 6.45) is 1.22. The Kier molecular flexibility index (Phi) is 5.79. The summed E-state index contributed by atoms with van der Waals surface area (Å²) in [5.74, 6) is -2.34. The Bertz CT molecular complexity index is 1160. The molecule has 0 N–H and O–H groups in total. The van der Waals surface area contributed by atoms with Gasteiger partial charge in [0.15, 0.2) is 5.82 Å². The lowest BCUT2D eigenvalue weighted by Crippen LogP contribution is -2.47. The molecule has 178 valence electrons. The third kappa shape index (κ3) is 4.82. The number of hydrogen-bond acceptors (Lipinski definition) is 7. The van der Waals surface area contributed by atoms with Crippen LogP contribution in [0.2, 0.25) is 0 Å². The molecule has 2 aliphatic heterocycles. The molecule has 7 nitrogen and oxygen atoms in total. The highest BCUT2D eigenvalue weighted by Crippen LogP contribution is 2.52. The van der Waals surface area contributed by atoms with Crippen LogP contribution in [0, 0.1) is 5.92 Å². The first-order valence-electron chi connectivity index (χ1n) is 11.0. The number of piperazine rings is 1. The van der Waals surface area contributed by atoms with E-state index in [9.17, 15) is 17.2 Å². The fraction of sp³-hybridized carbons (Fsp3) is 0.500. The van der Waals surface area contributed by atoms with Gasteiger partial charge < -0.3 is 0 Å². The third-order valence-electron chi connectivity index (χ3n) is 6.41. The molecule has 2 fully saturated rings. The summed E-state index contributed by atoms with van der Waals surface area (Å²) in [6, 6.07) is 12.1. The normalized spacial score (nSPS) is 23.1. The monoisotopic (exact) mass is 495 g/mol. The molecule has 1 aromatic heterocycles. The highest BCUT2D eigenvalue weighted by atomic mass is 32.2. The molecule has 0 bridgehead atoms. The number of sulfonamides is 1. The van der Waals surface area contributed by atoms with E-state index in [0.717, 1.165) is 34.9 Å². The number of pyridine rings is 1. The average molecular weight is 496 g/mol. The molecular weight excluding hydrogens is 468 g/mol. The standard InChI is InChI=1S/C22H27F2N5O2S2/c1-26-21-20(29(32-26)15-18-13-22(18,23)24)7-6-19(25-21)17-5-3-4-16(12-17)14-27-8-10-28(11-9-27)33(2,30)31/h3-7,12,18H,8-11,13-15H2,1-2H3. The van der Waals surface area contributed by atoms with E-state index in [0.29, 0.717) is 32.7 Å². The Balaban J connectivity index is 1.28. The molecular formula is C22H27F2N5O2S2. The fourth-order valence-electron chi connectivity index (χ4n) is 4.36. The van der Waals surface area contributed by atoms with Crippen LogP contribution in [0.4, 0.5) is 20.3 Å². The van der Waals surface area contributed by atoms with Gasteiger partial charge in [-0.25, -0.2) is 22.2 Å². The van der Waals surface area contributed by atoms with Crippen molar-refractivity contribution in [2.75, 3.05) is 54.6 Å². The molecule has 11 heteroatoms. The van der Waals surface area contributed by atoms with Gasteiger partial charge >= 0.3 is 0 Å².